The van der Waals surface area contributed by atoms with Crippen molar-refractivity contribution in [2.75, 3.05) is 26.2 Å². The lowest BCUT2D eigenvalue weighted by molar-refractivity contribution is -0.143. The maximum Gasteiger partial charge on any atom is 0.325 e. The van der Waals surface area contributed by atoms with E-state index in [9.17, 15) is 14.4 Å². The largest absolute Gasteiger partial charge is 0.480 e. The first kappa shape index (κ1) is 15.3. The molecular formula is C12H20N2O5. The summed E-state index contributed by atoms with van der Waals surface area (Å²) in [5, 5.41) is 8.83. The number of esters is 1. The number of ether oxygens (including phenoxy) is 1. The normalized spacial score (nSPS) is 13.8. The van der Waals surface area contributed by atoms with Gasteiger partial charge in [0.05, 0.1) is 6.61 Å². The zero-order valence-corrected chi connectivity index (χ0v) is 11.3. The minimum absolute atomic E-state index is 0.0140. The fourth-order valence-electron chi connectivity index (χ4n) is 1.74. The van der Waals surface area contributed by atoms with Gasteiger partial charge in [0.2, 0.25) is 0 Å². The number of carboxylic acid groups (broad SMARTS) is 1. The molecule has 0 spiro atoms. The van der Waals surface area contributed by atoms with E-state index in [2.05, 4.69) is 0 Å². The molecule has 2 amide bonds. The Kier molecular flexibility index (Phi) is 5.59. The van der Waals surface area contributed by atoms with Crippen molar-refractivity contribution in [3.63, 3.8) is 0 Å². The number of likely N-dealkylation sites (N-methyl/N-ethyl adjacent to an activating group) is 1. The molecule has 0 unspecified atom stereocenters. The maximum atomic E-state index is 12.2. The molecule has 0 aromatic heterocycles. The molecule has 0 aliphatic heterocycles. The first-order chi connectivity index (χ1) is 8.99. The molecule has 0 heterocycles. The van der Waals surface area contributed by atoms with Crippen molar-refractivity contribution in [2.45, 2.75) is 32.7 Å². The first-order valence-electron chi connectivity index (χ1n) is 6.42. The molecular weight excluding hydrogens is 252 g/mol. The number of hydrogen-bond acceptors (Lipinski definition) is 4. The van der Waals surface area contributed by atoms with Crippen LogP contribution in [0.3, 0.4) is 0 Å². The summed E-state index contributed by atoms with van der Waals surface area (Å²) in [6.07, 6.45) is 1.63. The molecule has 19 heavy (non-hydrogen) atoms. The van der Waals surface area contributed by atoms with E-state index < -0.39 is 18.0 Å². The molecule has 1 rings (SSSR count). The zero-order chi connectivity index (χ0) is 14.4. The van der Waals surface area contributed by atoms with Crippen LogP contribution in [0.1, 0.15) is 26.7 Å². The van der Waals surface area contributed by atoms with Crippen LogP contribution in [0.5, 0.6) is 0 Å². The van der Waals surface area contributed by atoms with Crippen molar-refractivity contribution < 1.29 is 24.2 Å². The number of nitrogens with zero attached hydrogens (tertiary/aromatic N) is 2. The fraction of sp³-hybridized carbons (Fsp3) is 0.750. The van der Waals surface area contributed by atoms with Gasteiger partial charge in [-0.15, -0.1) is 0 Å². The molecule has 7 nitrogen and oxygen atoms in total. The van der Waals surface area contributed by atoms with Crippen molar-refractivity contribution in [1.82, 2.24) is 9.80 Å². The Morgan fingerprint density at radius 1 is 1.21 bits per heavy atom. The molecule has 1 fully saturated rings. The van der Waals surface area contributed by atoms with Crippen molar-refractivity contribution >= 4 is 18.0 Å². The second-order valence-electron chi connectivity index (χ2n) is 4.35. The van der Waals surface area contributed by atoms with Crippen LogP contribution < -0.4 is 0 Å². The van der Waals surface area contributed by atoms with Gasteiger partial charge in [-0.3, -0.25) is 9.59 Å². The van der Waals surface area contributed by atoms with Crippen LogP contribution in [0.2, 0.25) is 0 Å². The number of urea groups is 1. The van der Waals surface area contributed by atoms with Crippen LogP contribution >= 0.6 is 0 Å². The zero-order valence-electron chi connectivity index (χ0n) is 11.3. The van der Waals surface area contributed by atoms with E-state index in [4.69, 9.17) is 9.84 Å². The van der Waals surface area contributed by atoms with Crippen molar-refractivity contribution in [2.24, 2.45) is 0 Å². The van der Waals surface area contributed by atoms with Crippen molar-refractivity contribution in [3.8, 4) is 0 Å². The van der Waals surface area contributed by atoms with Crippen LogP contribution in [-0.2, 0) is 14.3 Å². The van der Waals surface area contributed by atoms with Gasteiger partial charge in [0.15, 0.2) is 0 Å². The Morgan fingerprint density at radius 3 is 2.26 bits per heavy atom. The van der Waals surface area contributed by atoms with Gasteiger partial charge < -0.3 is 19.6 Å². The van der Waals surface area contributed by atoms with Gasteiger partial charge in [-0.05, 0) is 26.7 Å². The summed E-state index contributed by atoms with van der Waals surface area (Å²) < 4.78 is 4.79. The molecule has 0 bridgehead atoms. The predicted molar refractivity (Wildman–Crippen MR) is 66.6 cm³/mol. The minimum Gasteiger partial charge on any atom is -0.480 e. The third-order valence-corrected chi connectivity index (χ3v) is 2.82. The third-order valence-electron chi connectivity index (χ3n) is 2.82. The maximum absolute atomic E-state index is 12.2. The van der Waals surface area contributed by atoms with Crippen molar-refractivity contribution in [3.05, 3.63) is 0 Å². The summed E-state index contributed by atoms with van der Waals surface area (Å²) in [4.78, 5) is 37.0. The Morgan fingerprint density at radius 2 is 1.84 bits per heavy atom. The average molecular weight is 272 g/mol. The number of aliphatic carboxylic acids is 1. The highest BCUT2D eigenvalue weighted by molar-refractivity contribution is 5.84. The monoisotopic (exact) mass is 272 g/mol. The molecule has 0 radical (unpaired) electrons. The van der Waals surface area contributed by atoms with Gasteiger partial charge in [0, 0.05) is 12.6 Å². The molecule has 0 aromatic carbocycles. The third kappa shape index (κ3) is 4.76. The molecule has 1 aliphatic carbocycles. The quantitative estimate of drug-likeness (QED) is 0.683. The predicted octanol–water partition coefficient (Wildman–Crippen LogP) is 0.540. The molecule has 108 valence electrons. The minimum atomic E-state index is -1.05. The van der Waals surface area contributed by atoms with Crippen molar-refractivity contribution in [1.29, 1.82) is 0 Å². The summed E-state index contributed by atoms with van der Waals surface area (Å²) in [6, 6.07) is -0.430. The highest BCUT2D eigenvalue weighted by Gasteiger charge is 2.36. The van der Waals surface area contributed by atoms with Crippen LogP contribution in [-0.4, -0.2) is 65.2 Å². The van der Waals surface area contributed by atoms with Crippen LogP contribution in [0.4, 0.5) is 4.79 Å². The summed E-state index contributed by atoms with van der Waals surface area (Å²) >= 11 is 0. The Bertz CT molecular complexity index is 354. The van der Waals surface area contributed by atoms with E-state index in [-0.39, 0.29) is 25.7 Å². The van der Waals surface area contributed by atoms with E-state index in [0.717, 1.165) is 12.8 Å². The SMILES string of the molecule is CCOC(=O)CN(CC)C(=O)N(CC(=O)O)C1CC1. The van der Waals surface area contributed by atoms with Gasteiger partial charge in [-0.2, -0.15) is 0 Å². The van der Waals surface area contributed by atoms with Crippen LogP contribution in [0.15, 0.2) is 0 Å². The molecule has 0 saturated heterocycles. The molecule has 0 aromatic rings. The van der Waals surface area contributed by atoms with Gasteiger partial charge in [0.1, 0.15) is 13.1 Å². The fourth-order valence-corrected chi connectivity index (χ4v) is 1.74. The van der Waals surface area contributed by atoms with E-state index in [1.165, 1.54) is 9.80 Å². The highest BCUT2D eigenvalue weighted by Crippen LogP contribution is 2.27. The standard InChI is InChI=1S/C12H20N2O5/c1-3-13(8-11(17)19-4-2)12(18)14(7-10(15)16)9-5-6-9/h9H,3-8H2,1-2H3,(H,15,16). The number of carbonyl (C=O) groups excluding carboxylic acids is 2. The lowest BCUT2D eigenvalue weighted by atomic mass is 10.4. The molecule has 7 heteroatoms. The second-order valence-corrected chi connectivity index (χ2v) is 4.35. The molecule has 0 atom stereocenters. The lowest BCUT2D eigenvalue weighted by Crippen LogP contribution is -2.48. The number of carboxylic acids is 1. The number of amides is 2. The van der Waals surface area contributed by atoms with E-state index in [1.807, 2.05) is 0 Å². The highest BCUT2D eigenvalue weighted by atomic mass is 16.5. The van der Waals surface area contributed by atoms with E-state index in [0.29, 0.717) is 6.54 Å². The summed E-state index contributed by atoms with van der Waals surface area (Å²) in [5.41, 5.74) is 0. The molecule has 1 aliphatic rings. The Hall–Kier alpha value is -1.79. The summed E-state index contributed by atoms with van der Waals surface area (Å²) in [7, 11) is 0. The smallest absolute Gasteiger partial charge is 0.325 e. The lowest BCUT2D eigenvalue weighted by Gasteiger charge is -2.28. The van der Waals surface area contributed by atoms with Gasteiger partial charge in [-0.1, -0.05) is 0 Å². The second kappa shape index (κ2) is 6.96. The number of rotatable bonds is 7. The number of hydrogen-bond donors (Lipinski definition) is 1. The van der Waals surface area contributed by atoms with E-state index in [1.54, 1.807) is 13.8 Å². The van der Waals surface area contributed by atoms with Crippen LogP contribution in [0, 0.1) is 0 Å². The van der Waals surface area contributed by atoms with Gasteiger partial charge in [0.25, 0.3) is 0 Å². The van der Waals surface area contributed by atoms with Gasteiger partial charge in [-0.25, -0.2) is 4.79 Å². The summed E-state index contributed by atoms with van der Waals surface area (Å²) in [6.45, 7) is 3.54. The molecule has 1 saturated carbocycles. The summed E-state index contributed by atoms with van der Waals surface area (Å²) in [5.74, 6) is -1.53. The van der Waals surface area contributed by atoms with Crippen LogP contribution in [0.25, 0.3) is 0 Å². The Balaban J connectivity index is 2.63. The first-order valence-corrected chi connectivity index (χ1v) is 6.42. The number of carbonyl (C=O) groups is 3. The molecule has 1 N–H and O–H groups in total. The van der Waals surface area contributed by atoms with E-state index >= 15 is 0 Å². The average Bonchev–Trinajstić information content (AvgIpc) is 3.16. The Labute approximate surface area is 112 Å². The van der Waals surface area contributed by atoms with Gasteiger partial charge >= 0.3 is 18.0 Å². The topological polar surface area (TPSA) is 87.2 Å².